The Labute approximate surface area is 254 Å². The second-order valence-electron chi connectivity index (χ2n) is 11.2. The molecule has 0 unspecified atom stereocenters. The van der Waals surface area contributed by atoms with Gasteiger partial charge in [-0.1, -0.05) is 12.1 Å². The van der Waals surface area contributed by atoms with Gasteiger partial charge in [0.25, 0.3) is 0 Å². The molecule has 41 heavy (non-hydrogen) atoms. The summed E-state index contributed by atoms with van der Waals surface area (Å²) in [5, 5.41) is 0. The summed E-state index contributed by atoms with van der Waals surface area (Å²) < 4.78 is 0.937. The van der Waals surface area contributed by atoms with Gasteiger partial charge in [0, 0.05) is 0 Å². The summed E-state index contributed by atoms with van der Waals surface area (Å²) in [5.74, 6) is 0. The van der Waals surface area contributed by atoms with E-state index in [2.05, 4.69) is 131 Å². The Bertz CT molecular complexity index is 1510. The van der Waals surface area contributed by atoms with Gasteiger partial charge in [-0.25, -0.2) is 0 Å². The zero-order valence-electron chi connectivity index (χ0n) is 24.5. The van der Waals surface area contributed by atoms with Crippen LogP contribution < -0.4 is 4.90 Å². The van der Waals surface area contributed by atoms with Crippen molar-refractivity contribution in [1.82, 2.24) is 0 Å². The zero-order valence-corrected chi connectivity index (χ0v) is 25.4. The van der Waals surface area contributed by atoms with E-state index in [-0.39, 0.29) is 10.8 Å². The summed E-state index contributed by atoms with van der Waals surface area (Å²) in [6, 6.07) is 40.7. The van der Waals surface area contributed by atoms with E-state index in [1.807, 2.05) is 54.6 Å². The second-order valence-corrected chi connectivity index (χ2v) is 11.7. The van der Waals surface area contributed by atoms with Crippen molar-refractivity contribution in [3.8, 4) is 0 Å². The Hall–Kier alpha value is -3.87. The second kappa shape index (κ2) is 13.7. The number of anilines is 1. The van der Waals surface area contributed by atoms with Crippen molar-refractivity contribution in [2.75, 3.05) is 4.90 Å². The largest absolute Gasteiger partial charge is 0.199 e. The average Bonchev–Trinajstić information content (AvgIpc) is 3.20. The third-order valence-corrected chi connectivity index (χ3v) is 8.26. The van der Waals surface area contributed by atoms with Crippen LogP contribution >= 0.6 is 0 Å². The fourth-order valence-corrected chi connectivity index (χ4v) is 5.24. The van der Waals surface area contributed by atoms with Gasteiger partial charge in [-0.2, -0.15) is 24.6 Å². The van der Waals surface area contributed by atoms with Gasteiger partial charge in [-0.15, -0.1) is 12.1 Å². The fourth-order valence-electron chi connectivity index (χ4n) is 5.01. The van der Waals surface area contributed by atoms with Gasteiger partial charge in [0.15, 0.2) is 0 Å². The third-order valence-electron chi connectivity index (χ3n) is 7.48. The topological polar surface area (TPSA) is 3.24 Å². The molecule has 4 aromatic carbocycles. The minimum atomic E-state index is -0.217. The molecule has 0 bridgehead atoms. The molecule has 5 rings (SSSR count). The summed E-state index contributed by atoms with van der Waals surface area (Å²) in [4.78, 5) is 2.44. The van der Waals surface area contributed by atoms with Gasteiger partial charge >= 0.3 is 207 Å². The maximum atomic E-state index is 5.39. The van der Waals surface area contributed by atoms with Crippen molar-refractivity contribution >= 4 is 10.2 Å². The maximum absolute atomic E-state index is 5.39. The number of fused-ring (bicyclic) bond motifs is 1. The molecule has 0 saturated carbocycles. The van der Waals surface area contributed by atoms with E-state index in [1.54, 1.807) is 0 Å². The number of benzene rings is 4. The van der Waals surface area contributed by atoms with Gasteiger partial charge in [-0.05, 0) is 0 Å². The van der Waals surface area contributed by atoms with Crippen molar-refractivity contribution in [3.05, 3.63) is 181 Å². The quantitative estimate of drug-likeness (QED) is 0.120. The Morgan fingerprint density at radius 3 is 2.10 bits per heavy atom. The average molecular weight is 580 g/mol. The molecule has 2 heteroatoms. The number of para-hydroxylation sites is 1. The van der Waals surface area contributed by atoms with Crippen molar-refractivity contribution in [3.63, 3.8) is 0 Å². The summed E-state index contributed by atoms with van der Waals surface area (Å²) in [6.07, 6.45) is 10.6. The number of rotatable bonds is 7. The summed E-state index contributed by atoms with van der Waals surface area (Å²) >= 11 is 5.39. The van der Waals surface area contributed by atoms with Gasteiger partial charge in [0.2, 0.25) is 0 Å². The predicted molar refractivity (Wildman–Crippen MR) is 173 cm³/mol. The van der Waals surface area contributed by atoms with Crippen LogP contribution in [0.15, 0.2) is 145 Å². The summed E-state index contributed by atoms with van der Waals surface area (Å²) in [5.41, 5.74) is 7.16. The molecule has 1 aliphatic rings. The van der Waals surface area contributed by atoms with Gasteiger partial charge in [0.1, 0.15) is 0 Å². The molecule has 0 spiro atoms. The van der Waals surface area contributed by atoms with Crippen LogP contribution in [0.4, 0.5) is 5.69 Å². The first-order chi connectivity index (χ1) is 19.7. The van der Waals surface area contributed by atoms with E-state index in [9.17, 15) is 0 Å². The van der Waals surface area contributed by atoms with Crippen LogP contribution in [0.2, 0.25) is 0 Å². The Morgan fingerprint density at radius 1 is 0.829 bits per heavy atom. The number of hydrogen-bond donors (Lipinski definition) is 0. The summed E-state index contributed by atoms with van der Waals surface area (Å²) in [7, 11) is 0. The van der Waals surface area contributed by atoms with Crippen molar-refractivity contribution in [2.24, 2.45) is 0 Å². The molecule has 0 saturated heterocycles. The monoisotopic (exact) mass is 579 g/mol. The van der Waals surface area contributed by atoms with Crippen molar-refractivity contribution in [1.29, 1.82) is 0 Å². The molecule has 0 N–H and O–H groups in total. The Kier molecular flexibility index (Phi) is 10.0. The van der Waals surface area contributed by atoms with Crippen molar-refractivity contribution < 1.29 is 15.0 Å². The van der Waals surface area contributed by atoms with Gasteiger partial charge < -0.3 is 0 Å². The molecular weight excluding hydrogens is 541 g/mol. The summed E-state index contributed by atoms with van der Waals surface area (Å²) in [6.45, 7) is 13.5. The molecule has 0 atom stereocenters. The molecule has 0 aromatic heterocycles. The molecule has 0 fully saturated rings. The van der Waals surface area contributed by atoms with Crippen LogP contribution in [-0.4, -0.2) is 4.49 Å². The Morgan fingerprint density at radius 2 is 1.46 bits per heavy atom. The van der Waals surface area contributed by atoms with E-state index in [1.165, 1.54) is 22.5 Å². The first kappa shape index (κ1) is 30.1. The van der Waals surface area contributed by atoms with Gasteiger partial charge in [-0.3, -0.25) is 0 Å². The van der Waals surface area contributed by atoms with E-state index in [4.69, 9.17) is 15.0 Å². The van der Waals surface area contributed by atoms with Crippen LogP contribution in [-0.2, 0) is 32.4 Å². The van der Waals surface area contributed by atoms with E-state index >= 15 is 0 Å². The number of allylic oxidation sites excluding steroid dienone is 6. The SMILES string of the molecule is CC(C)([C](=[Ni])/C=C/C=C/C=C1/N(Cc2ccccc2)c2ccccc2C1(C)C)c1[c-]cccc1.[CH2-]c1ccccc1. The van der Waals surface area contributed by atoms with E-state index in [0.29, 0.717) is 0 Å². The molecule has 0 amide bonds. The first-order valence-corrected chi connectivity index (χ1v) is 14.5. The third kappa shape index (κ3) is 7.46. The van der Waals surface area contributed by atoms with Crippen LogP contribution in [0.3, 0.4) is 0 Å². The minimum absolute atomic E-state index is 0.0675. The standard InChI is InChI=1S/C32H32N.C7H7.Ni/c1-31(2,27-19-11-8-12-20-27)24-16-6-5-13-23-30-32(3,4)28-21-14-15-22-29(28)33(30)25-26-17-9-7-10-18-26;1-7-5-3-2-4-6-7;/h5-19,21-23H,25H2,1-4H3;2-6H,1H2;/q2*-1;/b13-5+,16-6+,30-23+;;. The fraction of sp³-hybridized carbons (Fsp3) is 0.179. The molecule has 1 heterocycles. The normalized spacial score (nSPS) is 15.2. The first-order valence-electron chi connectivity index (χ1n) is 14.0. The molecule has 1 nitrogen and oxygen atoms in total. The smallest absolute Gasteiger partial charge is 0.0866 e. The molecule has 0 radical (unpaired) electrons. The van der Waals surface area contributed by atoms with Crippen LogP contribution in [0.5, 0.6) is 0 Å². The van der Waals surface area contributed by atoms with E-state index in [0.717, 1.165) is 22.2 Å². The number of hydrogen-bond acceptors (Lipinski definition) is 1. The molecule has 0 aliphatic carbocycles. The zero-order chi connectivity index (χ0) is 29.3. The minimum Gasteiger partial charge on any atom is -0.199 e. The molecule has 212 valence electrons. The number of nitrogens with zero attached hydrogens (tertiary/aromatic N) is 1. The van der Waals surface area contributed by atoms with Crippen molar-refractivity contribution in [2.45, 2.75) is 45.1 Å². The van der Waals surface area contributed by atoms with Crippen LogP contribution in [0.1, 0.15) is 49.9 Å². The molecule has 4 aromatic rings. The van der Waals surface area contributed by atoms with Crippen LogP contribution in [0, 0.1) is 13.0 Å². The maximum Gasteiger partial charge on any atom is -0.0866 e. The van der Waals surface area contributed by atoms with E-state index < -0.39 is 0 Å². The Balaban J connectivity index is 0.000000483. The predicted octanol–water partition coefficient (Wildman–Crippen LogP) is 9.35. The van der Waals surface area contributed by atoms with Gasteiger partial charge in [0.05, 0.1) is 0 Å². The van der Waals surface area contributed by atoms with Crippen LogP contribution in [0.25, 0.3) is 0 Å². The molecular formula is C39H39NNi-2. The molecule has 1 aliphatic heterocycles.